The van der Waals surface area contributed by atoms with Crippen molar-refractivity contribution in [2.45, 2.75) is 51.2 Å². The van der Waals surface area contributed by atoms with Gasteiger partial charge in [0.15, 0.2) is 0 Å². The van der Waals surface area contributed by atoms with Crippen molar-refractivity contribution < 1.29 is 4.79 Å². The van der Waals surface area contributed by atoms with Gasteiger partial charge in [0.05, 0.1) is 0 Å². The van der Waals surface area contributed by atoms with Crippen molar-refractivity contribution in [1.82, 2.24) is 4.90 Å². The molecular weight excluding hydrogens is 242 g/mol. The first-order chi connectivity index (χ1) is 8.45. The number of carbonyl (C=O) groups is 1. The highest BCUT2D eigenvalue weighted by molar-refractivity contribution is 8.00. The molecule has 0 unspecified atom stereocenters. The van der Waals surface area contributed by atoms with Gasteiger partial charge in [0.2, 0.25) is 0 Å². The van der Waals surface area contributed by atoms with Crippen molar-refractivity contribution in [2.24, 2.45) is 11.3 Å². The maximum Gasteiger partial charge on any atom is 0.127 e. The predicted molar refractivity (Wildman–Crippen MR) is 79.1 cm³/mol. The molecule has 1 aliphatic carbocycles. The first kappa shape index (κ1) is 14.4. The fourth-order valence-corrected chi connectivity index (χ4v) is 4.52. The highest BCUT2D eigenvalue weighted by Gasteiger charge is 2.37. The van der Waals surface area contributed by atoms with Crippen LogP contribution in [0, 0.1) is 11.3 Å². The lowest BCUT2D eigenvalue weighted by Crippen LogP contribution is -2.49. The summed E-state index contributed by atoms with van der Waals surface area (Å²) in [5.74, 6) is 2.02. The summed E-state index contributed by atoms with van der Waals surface area (Å²) in [6, 6.07) is 0. The van der Waals surface area contributed by atoms with E-state index in [1.165, 1.54) is 24.9 Å². The molecule has 0 radical (unpaired) electrons. The molecule has 0 aromatic heterocycles. The van der Waals surface area contributed by atoms with E-state index < -0.39 is 0 Å². The van der Waals surface area contributed by atoms with Crippen LogP contribution in [0.3, 0.4) is 0 Å². The van der Waals surface area contributed by atoms with Crippen LogP contribution in [0.5, 0.6) is 0 Å². The monoisotopic (exact) mass is 269 g/mol. The second kappa shape index (κ2) is 5.54. The van der Waals surface area contributed by atoms with Gasteiger partial charge in [-0.1, -0.05) is 6.92 Å². The maximum absolute atomic E-state index is 11.6. The van der Waals surface area contributed by atoms with Gasteiger partial charge in [-0.3, -0.25) is 0 Å². The average molecular weight is 269 g/mol. The summed E-state index contributed by atoms with van der Waals surface area (Å²) >= 11 is 2.06. The molecule has 18 heavy (non-hydrogen) atoms. The van der Waals surface area contributed by atoms with Gasteiger partial charge in [0, 0.05) is 35.5 Å². The summed E-state index contributed by atoms with van der Waals surface area (Å²) in [7, 11) is 0. The molecule has 0 N–H and O–H groups in total. The summed E-state index contributed by atoms with van der Waals surface area (Å²) in [5.41, 5.74) is -0.0371. The van der Waals surface area contributed by atoms with Crippen molar-refractivity contribution in [3.05, 3.63) is 0 Å². The standard InChI is InChI=1S/C15H27NOS/c1-13-4-6-15(12-17,7-5-13)11-16-8-9-18-14(2,3)10-16/h12-13H,4-11H2,1-3H3. The summed E-state index contributed by atoms with van der Waals surface area (Å²) in [6.07, 6.45) is 5.92. The lowest BCUT2D eigenvalue weighted by molar-refractivity contribution is -0.119. The normalized spacial score (nSPS) is 37.4. The number of hydrogen-bond donors (Lipinski definition) is 0. The molecule has 2 aliphatic rings. The number of thioether (sulfide) groups is 1. The summed E-state index contributed by atoms with van der Waals surface area (Å²) in [6.45, 7) is 10.2. The first-order valence-corrected chi connectivity index (χ1v) is 8.26. The molecule has 104 valence electrons. The first-order valence-electron chi connectivity index (χ1n) is 7.27. The third-order valence-corrected chi connectivity index (χ3v) is 5.86. The largest absolute Gasteiger partial charge is 0.303 e. The molecule has 1 saturated heterocycles. The SMILES string of the molecule is CC1CCC(C=O)(CN2CCSC(C)(C)C2)CC1. The molecule has 2 fully saturated rings. The average Bonchev–Trinajstić information content (AvgIpc) is 2.31. The van der Waals surface area contributed by atoms with Gasteiger partial charge in [-0.15, -0.1) is 0 Å². The van der Waals surface area contributed by atoms with Gasteiger partial charge in [-0.25, -0.2) is 0 Å². The second-order valence-electron chi connectivity index (χ2n) is 6.98. The van der Waals surface area contributed by atoms with Gasteiger partial charge in [0.1, 0.15) is 6.29 Å². The minimum Gasteiger partial charge on any atom is -0.303 e. The Balaban J connectivity index is 1.96. The minimum atomic E-state index is -0.0371. The minimum absolute atomic E-state index is 0.0371. The number of carbonyl (C=O) groups excluding carboxylic acids is 1. The van der Waals surface area contributed by atoms with Gasteiger partial charge in [-0.05, 0) is 45.4 Å². The highest BCUT2D eigenvalue weighted by atomic mass is 32.2. The van der Waals surface area contributed by atoms with Crippen LogP contribution in [-0.2, 0) is 4.79 Å². The molecule has 0 amide bonds. The Morgan fingerprint density at radius 3 is 2.56 bits per heavy atom. The van der Waals surface area contributed by atoms with Crippen molar-refractivity contribution >= 4 is 18.0 Å². The number of rotatable bonds is 3. The highest BCUT2D eigenvalue weighted by Crippen LogP contribution is 2.39. The smallest absolute Gasteiger partial charge is 0.127 e. The number of aldehydes is 1. The van der Waals surface area contributed by atoms with Crippen LogP contribution in [0.15, 0.2) is 0 Å². The zero-order chi connectivity index (χ0) is 13.2. The van der Waals surface area contributed by atoms with Crippen molar-refractivity contribution in [3.8, 4) is 0 Å². The van der Waals surface area contributed by atoms with Crippen molar-refractivity contribution in [2.75, 3.05) is 25.4 Å². The molecule has 0 aromatic rings. The Labute approximate surface area is 116 Å². The summed E-state index contributed by atoms with van der Waals surface area (Å²) < 4.78 is 0.351. The van der Waals surface area contributed by atoms with Crippen LogP contribution in [0.2, 0.25) is 0 Å². The molecule has 1 heterocycles. The van der Waals surface area contributed by atoms with Gasteiger partial charge < -0.3 is 9.69 Å². The van der Waals surface area contributed by atoms with Crippen molar-refractivity contribution in [1.29, 1.82) is 0 Å². The fraction of sp³-hybridized carbons (Fsp3) is 0.933. The second-order valence-corrected chi connectivity index (χ2v) is 8.78. The van der Waals surface area contributed by atoms with Crippen molar-refractivity contribution in [3.63, 3.8) is 0 Å². The van der Waals surface area contributed by atoms with E-state index in [-0.39, 0.29) is 5.41 Å². The molecule has 0 aromatic carbocycles. The molecule has 1 aliphatic heterocycles. The van der Waals surface area contributed by atoms with Crippen LogP contribution in [0.1, 0.15) is 46.5 Å². The molecule has 3 heteroatoms. The topological polar surface area (TPSA) is 20.3 Å². The quantitative estimate of drug-likeness (QED) is 0.734. The Bertz CT molecular complexity index is 295. The van der Waals surface area contributed by atoms with Gasteiger partial charge in [0.25, 0.3) is 0 Å². The Morgan fingerprint density at radius 1 is 1.33 bits per heavy atom. The predicted octanol–water partition coefficient (Wildman–Crippen LogP) is 3.21. The zero-order valence-electron chi connectivity index (χ0n) is 12.1. The van der Waals surface area contributed by atoms with E-state index in [1.807, 2.05) is 0 Å². The maximum atomic E-state index is 11.6. The molecule has 2 nitrogen and oxygen atoms in total. The molecule has 1 saturated carbocycles. The molecule has 0 bridgehead atoms. The zero-order valence-corrected chi connectivity index (χ0v) is 12.9. The van der Waals surface area contributed by atoms with Crippen LogP contribution in [0.25, 0.3) is 0 Å². The van der Waals surface area contributed by atoms with Gasteiger partial charge >= 0.3 is 0 Å². The van der Waals surface area contributed by atoms with Crippen LogP contribution in [0.4, 0.5) is 0 Å². The molecule has 2 rings (SSSR count). The van der Waals surface area contributed by atoms with E-state index >= 15 is 0 Å². The molecule has 0 atom stereocenters. The molecule has 0 spiro atoms. The summed E-state index contributed by atoms with van der Waals surface area (Å²) in [4.78, 5) is 14.1. The Kier molecular flexibility index (Phi) is 4.43. The lowest BCUT2D eigenvalue weighted by Gasteiger charge is -2.43. The molecular formula is C15H27NOS. The third kappa shape index (κ3) is 3.51. The van der Waals surface area contributed by atoms with Crippen LogP contribution < -0.4 is 0 Å². The fourth-order valence-electron chi connectivity index (χ4n) is 3.34. The van der Waals surface area contributed by atoms with Crippen LogP contribution in [-0.4, -0.2) is 41.3 Å². The van der Waals surface area contributed by atoms with E-state index in [1.54, 1.807) is 0 Å². The number of hydrogen-bond acceptors (Lipinski definition) is 3. The third-order valence-electron chi connectivity index (χ3n) is 4.56. The van der Waals surface area contributed by atoms with Crippen LogP contribution >= 0.6 is 11.8 Å². The van der Waals surface area contributed by atoms with E-state index in [2.05, 4.69) is 37.4 Å². The Hall–Kier alpha value is -0.0200. The lowest BCUT2D eigenvalue weighted by atomic mass is 9.71. The Morgan fingerprint density at radius 2 is 2.00 bits per heavy atom. The van der Waals surface area contributed by atoms with E-state index in [0.29, 0.717) is 4.75 Å². The van der Waals surface area contributed by atoms with E-state index in [0.717, 1.165) is 38.4 Å². The van der Waals surface area contributed by atoms with Gasteiger partial charge in [-0.2, -0.15) is 11.8 Å². The van der Waals surface area contributed by atoms with E-state index in [4.69, 9.17) is 0 Å². The summed E-state index contributed by atoms with van der Waals surface area (Å²) in [5, 5.41) is 0. The van der Waals surface area contributed by atoms with E-state index in [9.17, 15) is 4.79 Å². The number of nitrogens with zero attached hydrogens (tertiary/aromatic N) is 1.